The van der Waals surface area contributed by atoms with Crippen molar-refractivity contribution in [3.05, 3.63) is 22.6 Å². The van der Waals surface area contributed by atoms with E-state index in [2.05, 4.69) is 27.8 Å². The van der Waals surface area contributed by atoms with E-state index in [0.29, 0.717) is 6.54 Å². The van der Waals surface area contributed by atoms with Gasteiger partial charge in [0.15, 0.2) is 4.67 Å². The smallest absolute Gasteiger partial charge is 0.169 e. The van der Waals surface area contributed by atoms with Crippen molar-refractivity contribution in [2.75, 3.05) is 19.6 Å². The summed E-state index contributed by atoms with van der Waals surface area (Å²) in [6, 6.07) is 3.88. The summed E-state index contributed by atoms with van der Waals surface area (Å²) < 4.78 is 6.18. The molecule has 1 heterocycles. The molecule has 1 aromatic rings. The number of nitrogens with zero attached hydrogens (tertiary/aromatic N) is 1. The van der Waals surface area contributed by atoms with Crippen molar-refractivity contribution in [3.63, 3.8) is 0 Å². The molecule has 0 aliphatic heterocycles. The summed E-state index contributed by atoms with van der Waals surface area (Å²) in [5.41, 5.74) is 5.48. The standard InChI is InChI=1S/C9H15BrN2O/c1-2-12(6-5-11)7-8-3-4-9(10)13-8/h3-4H,2,5-7,11H2,1H3. The van der Waals surface area contributed by atoms with E-state index < -0.39 is 0 Å². The molecule has 0 saturated heterocycles. The molecule has 1 rings (SSSR count). The molecule has 3 nitrogen and oxygen atoms in total. The molecule has 74 valence electrons. The number of likely N-dealkylation sites (N-methyl/N-ethyl adjacent to an activating group) is 1. The number of furan rings is 1. The van der Waals surface area contributed by atoms with E-state index >= 15 is 0 Å². The van der Waals surface area contributed by atoms with Crippen LogP contribution in [-0.2, 0) is 6.54 Å². The zero-order chi connectivity index (χ0) is 9.68. The maximum atomic E-state index is 5.48. The lowest BCUT2D eigenvalue weighted by Crippen LogP contribution is -2.28. The second-order valence-corrected chi connectivity index (χ2v) is 3.64. The molecule has 0 unspecified atom stereocenters. The Morgan fingerprint density at radius 3 is 2.77 bits per heavy atom. The van der Waals surface area contributed by atoms with Crippen molar-refractivity contribution >= 4 is 15.9 Å². The minimum absolute atomic E-state index is 0.690. The Morgan fingerprint density at radius 2 is 2.31 bits per heavy atom. The average Bonchev–Trinajstić information content (AvgIpc) is 2.50. The lowest BCUT2D eigenvalue weighted by atomic mass is 10.4. The van der Waals surface area contributed by atoms with Gasteiger partial charge in [-0.1, -0.05) is 6.92 Å². The van der Waals surface area contributed by atoms with Crippen molar-refractivity contribution in [3.8, 4) is 0 Å². The van der Waals surface area contributed by atoms with Gasteiger partial charge in [0.05, 0.1) is 6.54 Å². The number of rotatable bonds is 5. The Balaban J connectivity index is 2.46. The second-order valence-electron chi connectivity index (χ2n) is 2.86. The number of nitrogens with two attached hydrogens (primary N) is 1. The Morgan fingerprint density at radius 1 is 1.54 bits per heavy atom. The molecule has 0 spiro atoms. The number of halogens is 1. The molecule has 0 aliphatic carbocycles. The van der Waals surface area contributed by atoms with Crippen LogP contribution in [0.3, 0.4) is 0 Å². The largest absolute Gasteiger partial charge is 0.453 e. The second kappa shape index (κ2) is 5.42. The van der Waals surface area contributed by atoms with Crippen LogP contribution in [-0.4, -0.2) is 24.5 Å². The van der Waals surface area contributed by atoms with Crippen molar-refractivity contribution in [1.82, 2.24) is 4.90 Å². The topological polar surface area (TPSA) is 42.4 Å². The molecule has 4 heteroatoms. The van der Waals surface area contributed by atoms with E-state index in [1.807, 2.05) is 12.1 Å². The highest BCUT2D eigenvalue weighted by Gasteiger charge is 2.05. The van der Waals surface area contributed by atoms with Crippen LogP contribution in [0, 0.1) is 0 Å². The maximum Gasteiger partial charge on any atom is 0.169 e. The van der Waals surface area contributed by atoms with Crippen molar-refractivity contribution in [2.45, 2.75) is 13.5 Å². The van der Waals surface area contributed by atoms with Crippen LogP contribution < -0.4 is 5.73 Å². The van der Waals surface area contributed by atoms with Gasteiger partial charge in [-0.25, -0.2) is 0 Å². The van der Waals surface area contributed by atoms with Gasteiger partial charge < -0.3 is 10.2 Å². The first-order valence-corrected chi connectivity index (χ1v) is 5.22. The minimum atomic E-state index is 0.690. The first kappa shape index (κ1) is 10.8. The fourth-order valence-electron chi connectivity index (χ4n) is 1.19. The first-order valence-electron chi connectivity index (χ1n) is 4.43. The van der Waals surface area contributed by atoms with Gasteiger partial charge in [0.1, 0.15) is 5.76 Å². The van der Waals surface area contributed by atoms with Crippen molar-refractivity contribution < 1.29 is 4.42 Å². The molecule has 0 fully saturated rings. The highest BCUT2D eigenvalue weighted by Crippen LogP contribution is 2.15. The van der Waals surface area contributed by atoms with E-state index in [9.17, 15) is 0 Å². The summed E-state index contributed by atoms with van der Waals surface area (Å²) in [7, 11) is 0. The number of hydrogen-bond donors (Lipinski definition) is 1. The lowest BCUT2D eigenvalue weighted by Gasteiger charge is -2.17. The summed E-state index contributed by atoms with van der Waals surface area (Å²) in [6.07, 6.45) is 0. The molecular weight excluding hydrogens is 232 g/mol. The summed E-state index contributed by atoms with van der Waals surface area (Å²) in [5, 5.41) is 0. The molecule has 0 aliphatic rings. The Hall–Kier alpha value is -0.320. The van der Waals surface area contributed by atoms with Crippen molar-refractivity contribution in [2.24, 2.45) is 5.73 Å². The van der Waals surface area contributed by atoms with Gasteiger partial charge in [0.2, 0.25) is 0 Å². The third-order valence-corrected chi connectivity index (χ3v) is 2.33. The van der Waals surface area contributed by atoms with Crippen LogP contribution in [0.15, 0.2) is 21.2 Å². The highest BCUT2D eigenvalue weighted by molar-refractivity contribution is 9.10. The van der Waals surface area contributed by atoms with Gasteiger partial charge in [-0.05, 0) is 34.6 Å². The van der Waals surface area contributed by atoms with E-state index in [1.54, 1.807) is 0 Å². The van der Waals surface area contributed by atoms with Gasteiger partial charge in [-0.3, -0.25) is 4.90 Å². The SMILES string of the molecule is CCN(CCN)Cc1ccc(Br)o1. The molecule has 0 atom stereocenters. The summed E-state index contributed by atoms with van der Waals surface area (Å²) in [5.74, 6) is 0.974. The van der Waals surface area contributed by atoms with Crippen LogP contribution in [0.25, 0.3) is 0 Å². The van der Waals surface area contributed by atoms with E-state index in [-0.39, 0.29) is 0 Å². The summed E-state index contributed by atoms with van der Waals surface area (Å²) >= 11 is 3.27. The molecule has 0 amide bonds. The minimum Gasteiger partial charge on any atom is -0.453 e. The van der Waals surface area contributed by atoms with Crippen LogP contribution in [0.2, 0.25) is 0 Å². The molecule has 0 saturated carbocycles. The zero-order valence-electron chi connectivity index (χ0n) is 7.79. The Bertz CT molecular complexity index is 250. The van der Waals surface area contributed by atoms with Gasteiger partial charge in [-0.2, -0.15) is 0 Å². The van der Waals surface area contributed by atoms with Crippen LogP contribution >= 0.6 is 15.9 Å². The molecule has 0 radical (unpaired) electrons. The van der Waals surface area contributed by atoms with Crippen LogP contribution in [0.1, 0.15) is 12.7 Å². The predicted molar refractivity (Wildman–Crippen MR) is 56.4 cm³/mol. The fourth-order valence-corrected chi connectivity index (χ4v) is 1.53. The zero-order valence-corrected chi connectivity index (χ0v) is 9.38. The molecule has 0 bridgehead atoms. The molecule has 0 aromatic carbocycles. The van der Waals surface area contributed by atoms with Gasteiger partial charge in [0, 0.05) is 13.1 Å². The molecule has 1 aromatic heterocycles. The molecule has 13 heavy (non-hydrogen) atoms. The third kappa shape index (κ3) is 3.50. The Kier molecular flexibility index (Phi) is 4.48. The predicted octanol–water partition coefficient (Wildman–Crippen LogP) is 1.82. The van der Waals surface area contributed by atoms with Crippen molar-refractivity contribution in [1.29, 1.82) is 0 Å². The van der Waals surface area contributed by atoms with E-state index in [0.717, 1.165) is 30.1 Å². The lowest BCUT2D eigenvalue weighted by molar-refractivity contribution is 0.261. The van der Waals surface area contributed by atoms with Gasteiger partial charge in [0.25, 0.3) is 0 Å². The van der Waals surface area contributed by atoms with Crippen LogP contribution in [0.5, 0.6) is 0 Å². The Labute approximate surface area is 87.0 Å². The van der Waals surface area contributed by atoms with E-state index in [4.69, 9.17) is 10.2 Å². The average molecular weight is 247 g/mol. The van der Waals surface area contributed by atoms with E-state index in [1.165, 1.54) is 0 Å². The maximum absolute atomic E-state index is 5.48. The van der Waals surface area contributed by atoms with Crippen LogP contribution in [0.4, 0.5) is 0 Å². The van der Waals surface area contributed by atoms with Gasteiger partial charge >= 0.3 is 0 Å². The summed E-state index contributed by atoms with van der Waals surface area (Å²) in [6.45, 7) is 5.55. The first-order chi connectivity index (χ1) is 6.26. The fraction of sp³-hybridized carbons (Fsp3) is 0.556. The molecule has 2 N–H and O–H groups in total. The number of hydrogen-bond acceptors (Lipinski definition) is 3. The normalized spacial score (nSPS) is 11.1. The third-order valence-electron chi connectivity index (χ3n) is 1.90. The van der Waals surface area contributed by atoms with Gasteiger partial charge in [-0.15, -0.1) is 0 Å². The molecular formula is C9H15BrN2O. The summed E-state index contributed by atoms with van der Waals surface area (Å²) in [4.78, 5) is 2.24. The quantitative estimate of drug-likeness (QED) is 0.863. The monoisotopic (exact) mass is 246 g/mol. The highest BCUT2D eigenvalue weighted by atomic mass is 79.9.